The lowest BCUT2D eigenvalue weighted by Gasteiger charge is -2.07. The largest absolute Gasteiger partial charge is 0.352 e. The molecule has 1 amide bonds. The fourth-order valence-electron chi connectivity index (χ4n) is 1.38. The SMILES string of the molecule is C#CC#CC/C=C\CCC/C=C/C(=O)NCC(C)CC. The van der Waals surface area contributed by atoms with Crippen LogP contribution in [0.3, 0.4) is 0 Å². The molecule has 0 aromatic rings. The van der Waals surface area contributed by atoms with Crippen LogP contribution in [0.4, 0.5) is 0 Å². The van der Waals surface area contributed by atoms with Crippen LogP contribution in [0.25, 0.3) is 0 Å². The first-order valence-electron chi connectivity index (χ1n) is 7.23. The summed E-state index contributed by atoms with van der Waals surface area (Å²) in [6.07, 6.45) is 17.4. The fraction of sp³-hybridized carbons (Fsp3) is 0.500. The Morgan fingerprint density at radius 3 is 2.75 bits per heavy atom. The number of hydrogen-bond acceptors (Lipinski definition) is 1. The molecular weight excluding hydrogens is 246 g/mol. The number of nitrogens with one attached hydrogen (secondary N) is 1. The van der Waals surface area contributed by atoms with Crippen LogP contribution in [0.15, 0.2) is 24.3 Å². The van der Waals surface area contributed by atoms with Gasteiger partial charge in [-0.2, -0.15) is 0 Å². The van der Waals surface area contributed by atoms with Gasteiger partial charge in [-0.1, -0.05) is 44.4 Å². The molecule has 0 aromatic heterocycles. The Morgan fingerprint density at radius 2 is 2.05 bits per heavy atom. The van der Waals surface area contributed by atoms with E-state index in [1.165, 1.54) is 0 Å². The van der Waals surface area contributed by atoms with Crippen LogP contribution >= 0.6 is 0 Å². The number of carbonyl (C=O) groups is 1. The van der Waals surface area contributed by atoms with Crippen molar-refractivity contribution in [2.45, 2.75) is 46.0 Å². The fourth-order valence-corrected chi connectivity index (χ4v) is 1.38. The molecule has 1 unspecified atom stereocenters. The summed E-state index contributed by atoms with van der Waals surface area (Å²) >= 11 is 0. The molecule has 2 heteroatoms. The molecule has 2 nitrogen and oxygen atoms in total. The molecule has 0 spiro atoms. The van der Waals surface area contributed by atoms with Crippen LogP contribution in [0.2, 0.25) is 0 Å². The predicted octanol–water partition coefficient (Wildman–Crippen LogP) is 3.46. The number of rotatable bonds is 9. The van der Waals surface area contributed by atoms with Gasteiger partial charge in [0.15, 0.2) is 0 Å². The van der Waals surface area contributed by atoms with Crippen molar-refractivity contribution in [1.29, 1.82) is 0 Å². The number of unbranched alkanes of at least 4 members (excludes halogenated alkanes) is 2. The maximum Gasteiger partial charge on any atom is 0.243 e. The van der Waals surface area contributed by atoms with Crippen LogP contribution < -0.4 is 5.32 Å². The molecule has 0 heterocycles. The number of allylic oxidation sites excluding steroid dienone is 3. The van der Waals surface area contributed by atoms with Crippen LogP contribution in [-0.2, 0) is 4.79 Å². The normalized spacial score (nSPS) is 11.8. The monoisotopic (exact) mass is 271 g/mol. The van der Waals surface area contributed by atoms with Crippen LogP contribution in [-0.4, -0.2) is 12.5 Å². The van der Waals surface area contributed by atoms with Gasteiger partial charge in [0.25, 0.3) is 0 Å². The summed E-state index contributed by atoms with van der Waals surface area (Å²) in [5.41, 5.74) is 0. The molecule has 1 atom stereocenters. The highest BCUT2D eigenvalue weighted by atomic mass is 16.1. The van der Waals surface area contributed by atoms with Crippen molar-refractivity contribution in [2.75, 3.05) is 6.54 Å². The number of terminal acetylenes is 1. The summed E-state index contributed by atoms with van der Waals surface area (Å²) in [6, 6.07) is 0. The molecule has 0 aliphatic heterocycles. The Balaban J connectivity index is 3.57. The molecular formula is C18H25NO. The summed E-state index contributed by atoms with van der Waals surface area (Å²) in [5.74, 6) is 8.22. The van der Waals surface area contributed by atoms with E-state index in [1.807, 2.05) is 12.2 Å². The minimum absolute atomic E-state index is 0.00500. The van der Waals surface area contributed by atoms with Crippen molar-refractivity contribution in [3.63, 3.8) is 0 Å². The standard InChI is InChI=1S/C18H25NO/c1-4-6-7-8-9-10-11-12-13-14-15-18(20)19-16-17(3)5-2/h1,9-10,14-15,17H,5,8,11-13,16H2,2-3H3,(H,19,20)/b10-9-,15-14+. The topological polar surface area (TPSA) is 29.1 Å². The van der Waals surface area contributed by atoms with Gasteiger partial charge in [-0.05, 0) is 43.1 Å². The maximum atomic E-state index is 11.5. The number of carbonyl (C=O) groups excluding carboxylic acids is 1. The van der Waals surface area contributed by atoms with Crippen LogP contribution in [0.1, 0.15) is 46.0 Å². The molecule has 0 aromatic carbocycles. The van der Waals surface area contributed by atoms with Gasteiger partial charge in [0.1, 0.15) is 0 Å². The van der Waals surface area contributed by atoms with Gasteiger partial charge in [-0.15, -0.1) is 6.42 Å². The Hall–Kier alpha value is -1.93. The Labute approximate surface area is 123 Å². The second-order valence-electron chi connectivity index (χ2n) is 4.71. The van der Waals surface area contributed by atoms with Crippen molar-refractivity contribution in [2.24, 2.45) is 5.92 Å². The first-order valence-corrected chi connectivity index (χ1v) is 7.23. The van der Waals surface area contributed by atoms with Crippen molar-refractivity contribution in [3.05, 3.63) is 24.3 Å². The summed E-state index contributed by atoms with van der Waals surface area (Å²) in [5, 5.41) is 2.89. The second-order valence-corrected chi connectivity index (χ2v) is 4.71. The predicted molar refractivity (Wildman–Crippen MR) is 85.8 cm³/mol. The van der Waals surface area contributed by atoms with Crippen molar-refractivity contribution in [3.8, 4) is 24.2 Å². The van der Waals surface area contributed by atoms with E-state index in [1.54, 1.807) is 6.08 Å². The van der Waals surface area contributed by atoms with E-state index >= 15 is 0 Å². The highest BCUT2D eigenvalue weighted by Crippen LogP contribution is 1.99. The van der Waals surface area contributed by atoms with Crippen LogP contribution in [0, 0.1) is 30.1 Å². The van der Waals surface area contributed by atoms with Gasteiger partial charge in [-0.3, -0.25) is 4.79 Å². The van der Waals surface area contributed by atoms with E-state index in [-0.39, 0.29) is 5.91 Å². The third kappa shape index (κ3) is 12.5. The average molecular weight is 271 g/mol. The van der Waals surface area contributed by atoms with Crippen molar-refractivity contribution < 1.29 is 4.79 Å². The van der Waals surface area contributed by atoms with Gasteiger partial charge in [0, 0.05) is 13.0 Å². The highest BCUT2D eigenvalue weighted by molar-refractivity contribution is 5.87. The first-order chi connectivity index (χ1) is 9.70. The molecule has 0 saturated carbocycles. The smallest absolute Gasteiger partial charge is 0.243 e. The minimum Gasteiger partial charge on any atom is -0.352 e. The zero-order valence-electron chi connectivity index (χ0n) is 12.6. The van der Waals surface area contributed by atoms with E-state index in [4.69, 9.17) is 6.42 Å². The molecule has 0 rings (SSSR count). The molecule has 108 valence electrons. The van der Waals surface area contributed by atoms with E-state index in [0.29, 0.717) is 12.3 Å². The Kier molecular flexibility index (Phi) is 12.2. The van der Waals surface area contributed by atoms with E-state index in [2.05, 4.69) is 43.0 Å². The lowest BCUT2D eigenvalue weighted by Crippen LogP contribution is -2.26. The zero-order valence-corrected chi connectivity index (χ0v) is 12.6. The molecule has 0 aliphatic carbocycles. The molecule has 0 bridgehead atoms. The minimum atomic E-state index is 0.00500. The number of hydrogen-bond donors (Lipinski definition) is 1. The summed E-state index contributed by atoms with van der Waals surface area (Å²) in [7, 11) is 0. The molecule has 0 aliphatic rings. The van der Waals surface area contributed by atoms with Gasteiger partial charge in [-0.25, -0.2) is 0 Å². The zero-order chi connectivity index (χ0) is 15.1. The number of amides is 1. The van der Waals surface area contributed by atoms with E-state index in [9.17, 15) is 4.79 Å². The lowest BCUT2D eigenvalue weighted by molar-refractivity contribution is -0.116. The van der Waals surface area contributed by atoms with Crippen molar-refractivity contribution in [1.82, 2.24) is 5.32 Å². The van der Waals surface area contributed by atoms with E-state index < -0.39 is 0 Å². The van der Waals surface area contributed by atoms with E-state index in [0.717, 1.165) is 32.2 Å². The molecule has 0 fully saturated rings. The average Bonchev–Trinajstić information content (AvgIpc) is 2.46. The summed E-state index contributed by atoms with van der Waals surface area (Å²) in [6.45, 7) is 5.00. The van der Waals surface area contributed by atoms with Crippen molar-refractivity contribution >= 4 is 5.91 Å². The second kappa shape index (κ2) is 13.5. The van der Waals surface area contributed by atoms with Gasteiger partial charge in [0.2, 0.25) is 5.91 Å². The molecule has 20 heavy (non-hydrogen) atoms. The highest BCUT2D eigenvalue weighted by Gasteiger charge is 1.99. The van der Waals surface area contributed by atoms with Gasteiger partial charge < -0.3 is 5.32 Å². The summed E-state index contributed by atoms with van der Waals surface area (Å²) in [4.78, 5) is 11.5. The lowest BCUT2D eigenvalue weighted by atomic mass is 10.1. The van der Waals surface area contributed by atoms with Gasteiger partial charge in [0.05, 0.1) is 0 Å². The molecule has 0 radical (unpaired) electrons. The third-order valence-electron chi connectivity index (χ3n) is 2.88. The molecule has 0 saturated heterocycles. The summed E-state index contributed by atoms with van der Waals surface area (Å²) < 4.78 is 0. The molecule has 1 N–H and O–H groups in total. The van der Waals surface area contributed by atoms with Gasteiger partial charge >= 0.3 is 0 Å². The first kappa shape index (κ1) is 18.1. The quantitative estimate of drug-likeness (QED) is 0.296. The third-order valence-corrected chi connectivity index (χ3v) is 2.88. The Morgan fingerprint density at radius 1 is 1.30 bits per heavy atom. The Bertz CT molecular complexity index is 415. The van der Waals surface area contributed by atoms with Crippen LogP contribution in [0.5, 0.6) is 0 Å². The maximum absolute atomic E-state index is 11.5.